The number of ether oxygens (including phenoxy) is 1. The highest BCUT2D eigenvalue weighted by atomic mass is 16.5. The molecule has 0 fully saturated rings. The first-order valence-electron chi connectivity index (χ1n) is 8.96. The van der Waals surface area contributed by atoms with Crippen LogP contribution in [0.3, 0.4) is 0 Å². The molecule has 0 saturated heterocycles. The second-order valence-electron chi connectivity index (χ2n) is 6.45. The fraction of sp³-hybridized carbons (Fsp3) is 0.250. The van der Waals surface area contributed by atoms with Gasteiger partial charge in [0.25, 0.3) is 5.91 Å². The number of carbonyl (C=O) groups is 2. The molecule has 1 heterocycles. The molecule has 1 amide bonds. The summed E-state index contributed by atoms with van der Waals surface area (Å²) in [4.78, 5) is 25.4. The summed E-state index contributed by atoms with van der Waals surface area (Å²) in [5.41, 5.74) is 1.63. The summed E-state index contributed by atoms with van der Waals surface area (Å²) in [5.74, 6) is -0.273. The Morgan fingerprint density at radius 2 is 1.83 bits per heavy atom. The summed E-state index contributed by atoms with van der Waals surface area (Å²) in [7, 11) is 1.67. The van der Waals surface area contributed by atoms with Crippen LogP contribution >= 0.6 is 0 Å². The Balaban J connectivity index is 1.81. The van der Waals surface area contributed by atoms with Gasteiger partial charge in [-0.25, -0.2) is 9.48 Å². The maximum Gasteiger partial charge on any atom is 0.341 e. The lowest BCUT2D eigenvalue weighted by atomic mass is 10.0. The molecule has 9 nitrogen and oxygen atoms in total. The smallest absolute Gasteiger partial charge is 0.341 e. The molecule has 1 atom stereocenters. The number of likely N-dealkylation sites (N-methyl/N-ethyl adjacent to an activating group) is 1. The van der Waals surface area contributed by atoms with Gasteiger partial charge in [0.1, 0.15) is 17.6 Å². The van der Waals surface area contributed by atoms with E-state index in [0.717, 1.165) is 5.56 Å². The van der Waals surface area contributed by atoms with Crippen LogP contribution in [0.5, 0.6) is 5.75 Å². The lowest BCUT2D eigenvalue weighted by Crippen LogP contribution is -2.36. The van der Waals surface area contributed by atoms with Gasteiger partial charge < -0.3 is 14.7 Å². The molecule has 150 valence electrons. The highest BCUT2D eigenvalue weighted by Crippen LogP contribution is 2.23. The third-order valence-electron chi connectivity index (χ3n) is 4.43. The standard InChI is InChI=1S/C20H21N5O4/c1-14-21-22-23-25(14)18(12-15-6-4-3-5-7-15)20(28)24(2)16-8-10-17(11-9-16)29-13-19(26)27/h3-11,18H,12-13H2,1-2H3,(H,26,27). The number of carbonyl (C=O) groups excluding carboxylic acids is 1. The number of hydrogen-bond donors (Lipinski definition) is 1. The normalized spacial score (nSPS) is 11.7. The molecule has 3 aromatic rings. The number of hydrogen-bond acceptors (Lipinski definition) is 6. The van der Waals surface area contributed by atoms with Crippen LogP contribution in [0, 0.1) is 6.92 Å². The molecule has 0 aliphatic rings. The molecule has 2 aromatic carbocycles. The lowest BCUT2D eigenvalue weighted by Gasteiger charge is -2.24. The van der Waals surface area contributed by atoms with Gasteiger partial charge in [-0.3, -0.25) is 4.79 Å². The number of nitrogens with zero attached hydrogens (tertiary/aromatic N) is 5. The van der Waals surface area contributed by atoms with Crippen LogP contribution in [0.4, 0.5) is 5.69 Å². The minimum absolute atomic E-state index is 0.177. The largest absolute Gasteiger partial charge is 0.482 e. The third kappa shape index (κ3) is 4.95. The number of tetrazole rings is 1. The number of amides is 1. The Labute approximate surface area is 167 Å². The molecular weight excluding hydrogens is 374 g/mol. The summed E-state index contributed by atoms with van der Waals surface area (Å²) >= 11 is 0. The van der Waals surface area contributed by atoms with E-state index >= 15 is 0 Å². The zero-order valence-electron chi connectivity index (χ0n) is 16.1. The average molecular weight is 395 g/mol. The summed E-state index contributed by atoms with van der Waals surface area (Å²) in [6.07, 6.45) is 0.440. The summed E-state index contributed by atoms with van der Waals surface area (Å²) in [6, 6.07) is 15.7. The fourth-order valence-corrected chi connectivity index (χ4v) is 2.90. The zero-order chi connectivity index (χ0) is 20.8. The van der Waals surface area contributed by atoms with Crippen molar-refractivity contribution in [1.29, 1.82) is 0 Å². The van der Waals surface area contributed by atoms with E-state index in [9.17, 15) is 9.59 Å². The van der Waals surface area contributed by atoms with E-state index in [1.54, 1.807) is 38.2 Å². The topological polar surface area (TPSA) is 110 Å². The molecule has 29 heavy (non-hydrogen) atoms. The van der Waals surface area contributed by atoms with Gasteiger partial charge in [-0.2, -0.15) is 0 Å². The van der Waals surface area contributed by atoms with Crippen molar-refractivity contribution in [2.45, 2.75) is 19.4 Å². The van der Waals surface area contributed by atoms with Crippen LogP contribution in [0.1, 0.15) is 17.4 Å². The second kappa shape index (κ2) is 8.96. The van der Waals surface area contributed by atoms with Crippen molar-refractivity contribution < 1.29 is 19.4 Å². The van der Waals surface area contributed by atoms with Crippen LogP contribution in [0.15, 0.2) is 54.6 Å². The molecule has 0 saturated carbocycles. The highest BCUT2D eigenvalue weighted by Gasteiger charge is 2.27. The number of carboxylic acids is 1. The van der Waals surface area contributed by atoms with Crippen LogP contribution < -0.4 is 9.64 Å². The Kier molecular flexibility index (Phi) is 6.18. The number of carboxylic acid groups (broad SMARTS) is 1. The summed E-state index contributed by atoms with van der Waals surface area (Å²) < 4.78 is 6.65. The predicted octanol–water partition coefficient (Wildman–Crippen LogP) is 1.89. The first-order valence-corrected chi connectivity index (χ1v) is 8.96. The average Bonchev–Trinajstić information content (AvgIpc) is 3.16. The maximum absolute atomic E-state index is 13.3. The van der Waals surface area contributed by atoms with Gasteiger partial charge in [0, 0.05) is 19.2 Å². The number of aliphatic carboxylic acids is 1. The van der Waals surface area contributed by atoms with Gasteiger partial charge >= 0.3 is 5.97 Å². The fourth-order valence-electron chi connectivity index (χ4n) is 2.90. The highest BCUT2D eigenvalue weighted by molar-refractivity contribution is 5.95. The third-order valence-corrected chi connectivity index (χ3v) is 4.43. The summed E-state index contributed by atoms with van der Waals surface area (Å²) in [5, 5.41) is 20.3. The molecule has 0 aliphatic carbocycles. The van der Waals surface area contributed by atoms with E-state index in [0.29, 0.717) is 23.7 Å². The quantitative estimate of drug-likeness (QED) is 0.620. The van der Waals surface area contributed by atoms with Gasteiger partial charge in [0.05, 0.1) is 0 Å². The van der Waals surface area contributed by atoms with Crippen molar-refractivity contribution in [3.63, 3.8) is 0 Å². The monoisotopic (exact) mass is 395 g/mol. The number of aromatic nitrogens is 4. The molecule has 0 bridgehead atoms. The Hall–Kier alpha value is -3.75. The minimum atomic E-state index is -1.05. The van der Waals surface area contributed by atoms with Crippen molar-refractivity contribution in [3.05, 3.63) is 66.0 Å². The van der Waals surface area contributed by atoms with Gasteiger partial charge in [-0.1, -0.05) is 30.3 Å². The van der Waals surface area contributed by atoms with Crippen molar-refractivity contribution in [1.82, 2.24) is 20.2 Å². The van der Waals surface area contributed by atoms with Gasteiger partial charge in [0.2, 0.25) is 0 Å². The van der Waals surface area contributed by atoms with Crippen molar-refractivity contribution in [2.24, 2.45) is 0 Å². The van der Waals surface area contributed by atoms with E-state index in [2.05, 4.69) is 15.5 Å². The first-order chi connectivity index (χ1) is 14.0. The Morgan fingerprint density at radius 1 is 1.14 bits per heavy atom. The number of rotatable bonds is 8. The van der Waals surface area contributed by atoms with E-state index in [-0.39, 0.29) is 5.91 Å². The number of benzene rings is 2. The summed E-state index contributed by atoms with van der Waals surface area (Å²) in [6.45, 7) is 1.33. The molecule has 3 rings (SSSR count). The minimum Gasteiger partial charge on any atom is -0.482 e. The molecule has 1 unspecified atom stereocenters. The number of aryl methyl sites for hydroxylation is 1. The van der Waals surface area contributed by atoms with Gasteiger partial charge in [-0.15, -0.1) is 5.10 Å². The van der Waals surface area contributed by atoms with Crippen molar-refractivity contribution in [2.75, 3.05) is 18.6 Å². The van der Waals surface area contributed by atoms with Crippen molar-refractivity contribution in [3.8, 4) is 5.75 Å². The first kappa shape index (κ1) is 20.0. The van der Waals surface area contributed by atoms with E-state index in [1.807, 2.05) is 30.3 Å². The van der Waals surface area contributed by atoms with Crippen LogP contribution in [0.25, 0.3) is 0 Å². The molecule has 0 radical (unpaired) electrons. The number of anilines is 1. The Morgan fingerprint density at radius 3 is 2.41 bits per heavy atom. The second-order valence-corrected chi connectivity index (χ2v) is 6.45. The molecule has 9 heteroatoms. The van der Waals surface area contributed by atoms with Gasteiger partial charge in [0.15, 0.2) is 6.61 Å². The molecule has 0 aliphatic heterocycles. The maximum atomic E-state index is 13.3. The van der Waals surface area contributed by atoms with E-state index in [1.165, 1.54) is 9.58 Å². The predicted molar refractivity (Wildman–Crippen MR) is 105 cm³/mol. The van der Waals surface area contributed by atoms with Crippen molar-refractivity contribution >= 4 is 17.6 Å². The van der Waals surface area contributed by atoms with Crippen LogP contribution in [0.2, 0.25) is 0 Å². The van der Waals surface area contributed by atoms with Gasteiger partial charge in [-0.05, 0) is 47.2 Å². The van der Waals surface area contributed by atoms with Crippen LogP contribution in [-0.2, 0) is 16.0 Å². The Bertz CT molecular complexity index is 972. The van der Waals surface area contributed by atoms with E-state index in [4.69, 9.17) is 9.84 Å². The molecule has 0 spiro atoms. The molecule has 1 N–H and O–H groups in total. The van der Waals surface area contributed by atoms with Crippen LogP contribution in [-0.4, -0.2) is 50.8 Å². The molecular formula is C20H21N5O4. The molecule has 1 aromatic heterocycles. The SMILES string of the molecule is Cc1nnnn1C(Cc1ccccc1)C(=O)N(C)c1ccc(OCC(=O)O)cc1. The lowest BCUT2D eigenvalue weighted by molar-refractivity contribution is -0.139. The van der Waals surface area contributed by atoms with E-state index < -0.39 is 18.6 Å². The zero-order valence-corrected chi connectivity index (χ0v) is 16.1.